The number of rotatable bonds is 4. The van der Waals surface area contributed by atoms with Gasteiger partial charge in [-0.15, -0.1) is 0 Å². The zero-order chi connectivity index (χ0) is 14.7. The SMILES string of the molecule is CNC(c1cc(F)ccc1F)c1c(F)cccc1OC. The van der Waals surface area contributed by atoms with Crippen molar-refractivity contribution in [2.45, 2.75) is 6.04 Å². The first-order valence-corrected chi connectivity index (χ1v) is 6.03. The second-order valence-electron chi connectivity index (χ2n) is 4.24. The number of ether oxygens (including phenoxy) is 1. The molecule has 0 saturated heterocycles. The molecule has 0 amide bonds. The van der Waals surface area contributed by atoms with Crippen molar-refractivity contribution in [3.05, 3.63) is 65.0 Å². The first-order valence-electron chi connectivity index (χ1n) is 6.03. The van der Waals surface area contributed by atoms with Crippen LogP contribution in [-0.2, 0) is 0 Å². The quantitative estimate of drug-likeness (QED) is 0.927. The summed E-state index contributed by atoms with van der Waals surface area (Å²) in [6.07, 6.45) is 0. The number of benzene rings is 2. The average Bonchev–Trinajstić information content (AvgIpc) is 2.44. The Labute approximate surface area is 115 Å². The smallest absolute Gasteiger partial charge is 0.132 e. The molecule has 2 aromatic carbocycles. The van der Waals surface area contributed by atoms with E-state index in [9.17, 15) is 13.2 Å². The fourth-order valence-corrected chi connectivity index (χ4v) is 2.17. The molecule has 0 aromatic heterocycles. The number of hydrogen-bond donors (Lipinski definition) is 1. The van der Waals surface area contributed by atoms with Crippen molar-refractivity contribution in [1.29, 1.82) is 0 Å². The topological polar surface area (TPSA) is 21.3 Å². The van der Waals surface area contributed by atoms with Crippen LogP contribution in [0.5, 0.6) is 5.75 Å². The van der Waals surface area contributed by atoms with Crippen LogP contribution in [0, 0.1) is 17.5 Å². The molecular weight excluding hydrogens is 267 g/mol. The van der Waals surface area contributed by atoms with Gasteiger partial charge in [-0.25, -0.2) is 13.2 Å². The summed E-state index contributed by atoms with van der Waals surface area (Å²) < 4.78 is 46.4. The minimum atomic E-state index is -0.846. The molecule has 0 aliphatic rings. The molecule has 5 heteroatoms. The van der Waals surface area contributed by atoms with E-state index < -0.39 is 23.5 Å². The van der Waals surface area contributed by atoms with Gasteiger partial charge in [0, 0.05) is 5.56 Å². The largest absolute Gasteiger partial charge is 0.496 e. The van der Waals surface area contributed by atoms with Gasteiger partial charge in [-0.05, 0) is 37.4 Å². The van der Waals surface area contributed by atoms with Crippen LogP contribution >= 0.6 is 0 Å². The van der Waals surface area contributed by atoms with Gasteiger partial charge >= 0.3 is 0 Å². The molecule has 1 N–H and O–H groups in total. The lowest BCUT2D eigenvalue weighted by Gasteiger charge is -2.21. The van der Waals surface area contributed by atoms with Crippen LogP contribution in [0.3, 0.4) is 0 Å². The second-order valence-corrected chi connectivity index (χ2v) is 4.24. The van der Waals surface area contributed by atoms with E-state index in [1.807, 2.05) is 0 Å². The van der Waals surface area contributed by atoms with Gasteiger partial charge in [-0.1, -0.05) is 6.07 Å². The number of halogens is 3. The van der Waals surface area contributed by atoms with Gasteiger partial charge in [-0.2, -0.15) is 0 Å². The van der Waals surface area contributed by atoms with Crippen LogP contribution in [-0.4, -0.2) is 14.2 Å². The van der Waals surface area contributed by atoms with Gasteiger partial charge in [0.05, 0.1) is 18.7 Å². The summed E-state index contributed by atoms with van der Waals surface area (Å²) in [6, 6.07) is 6.54. The van der Waals surface area contributed by atoms with Gasteiger partial charge < -0.3 is 10.1 Å². The van der Waals surface area contributed by atoms with E-state index in [0.717, 1.165) is 18.2 Å². The molecular formula is C15H14F3NO. The lowest BCUT2D eigenvalue weighted by molar-refractivity contribution is 0.397. The fraction of sp³-hybridized carbons (Fsp3) is 0.200. The normalized spacial score (nSPS) is 12.2. The van der Waals surface area contributed by atoms with E-state index >= 15 is 0 Å². The minimum absolute atomic E-state index is 0.0240. The molecule has 2 aromatic rings. The van der Waals surface area contributed by atoms with E-state index in [4.69, 9.17) is 4.74 Å². The lowest BCUT2D eigenvalue weighted by Crippen LogP contribution is -2.21. The first-order chi connectivity index (χ1) is 9.58. The Morgan fingerprint density at radius 3 is 2.45 bits per heavy atom. The van der Waals surface area contributed by atoms with Crippen LogP contribution in [0.15, 0.2) is 36.4 Å². The predicted octanol–water partition coefficient (Wildman–Crippen LogP) is 3.42. The first kappa shape index (κ1) is 14.4. The Hall–Kier alpha value is -2.01. The van der Waals surface area contributed by atoms with Gasteiger partial charge in [0.1, 0.15) is 23.2 Å². The average molecular weight is 281 g/mol. The highest BCUT2D eigenvalue weighted by Crippen LogP contribution is 2.33. The predicted molar refractivity (Wildman–Crippen MR) is 70.2 cm³/mol. The molecule has 20 heavy (non-hydrogen) atoms. The van der Waals surface area contributed by atoms with Crippen molar-refractivity contribution < 1.29 is 17.9 Å². The highest BCUT2D eigenvalue weighted by molar-refractivity contribution is 5.43. The maximum atomic E-state index is 14.1. The monoisotopic (exact) mass is 281 g/mol. The summed E-state index contributed by atoms with van der Waals surface area (Å²) >= 11 is 0. The molecule has 0 aliphatic carbocycles. The van der Waals surface area contributed by atoms with Crippen molar-refractivity contribution in [1.82, 2.24) is 5.32 Å². The third kappa shape index (κ3) is 2.63. The maximum absolute atomic E-state index is 14.1. The van der Waals surface area contributed by atoms with Crippen molar-refractivity contribution in [3.8, 4) is 5.75 Å². The van der Waals surface area contributed by atoms with Gasteiger partial charge in [0.25, 0.3) is 0 Å². The fourth-order valence-electron chi connectivity index (χ4n) is 2.17. The van der Waals surface area contributed by atoms with Crippen LogP contribution in [0.1, 0.15) is 17.2 Å². The summed E-state index contributed by atoms with van der Waals surface area (Å²) in [4.78, 5) is 0. The van der Waals surface area contributed by atoms with Gasteiger partial charge in [-0.3, -0.25) is 0 Å². The summed E-state index contributed by atoms with van der Waals surface area (Å²) in [5.41, 5.74) is 0.165. The van der Waals surface area contributed by atoms with E-state index in [2.05, 4.69) is 5.32 Å². The standard InChI is InChI=1S/C15H14F3NO/c1-19-15(10-8-9(16)6-7-11(10)17)14-12(18)4-3-5-13(14)20-2/h3-8,15,19H,1-2H3. The molecule has 1 unspecified atom stereocenters. The van der Waals surface area contributed by atoms with E-state index in [-0.39, 0.29) is 16.9 Å². The highest BCUT2D eigenvalue weighted by atomic mass is 19.1. The Morgan fingerprint density at radius 1 is 1.05 bits per heavy atom. The Bertz CT molecular complexity index is 616. The third-order valence-electron chi connectivity index (χ3n) is 3.08. The summed E-state index contributed by atoms with van der Waals surface area (Å²) in [7, 11) is 2.94. The Balaban J connectivity index is 2.61. The van der Waals surface area contributed by atoms with E-state index in [1.54, 1.807) is 13.1 Å². The van der Waals surface area contributed by atoms with E-state index in [0.29, 0.717) is 0 Å². The molecule has 0 radical (unpaired) electrons. The Kier molecular flexibility index (Phi) is 4.29. The van der Waals surface area contributed by atoms with Crippen molar-refractivity contribution in [2.75, 3.05) is 14.2 Å². The molecule has 1 atom stereocenters. The summed E-state index contributed by atoms with van der Waals surface area (Å²) in [6.45, 7) is 0. The number of methoxy groups -OCH3 is 1. The number of hydrogen-bond acceptors (Lipinski definition) is 2. The molecule has 106 valence electrons. The lowest BCUT2D eigenvalue weighted by atomic mass is 9.96. The molecule has 0 spiro atoms. The molecule has 0 heterocycles. The minimum Gasteiger partial charge on any atom is -0.496 e. The molecule has 2 rings (SSSR count). The zero-order valence-corrected chi connectivity index (χ0v) is 11.1. The molecule has 0 fully saturated rings. The van der Waals surface area contributed by atoms with Crippen LogP contribution in [0.4, 0.5) is 13.2 Å². The van der Waals surface area contributed by atoms with Gasteiger partial charge in [0.15, 0.2) is 0 Å². The van der Waals surface area contributed by atoms with Crippen LogP contribution in [0.25, 0.3) is 0 Å². The third-order valence-corrected chi connectivity index (χ3v) is 3.08. The summed E-state index contributed by atoms with van der Waals surface area (Å²) in [5.74, 6) is -1.48. The number of nitrogens with one attached hydrogen (secondary N) is 1. The molecule has 0 bridgehead atoms. The summed E-state index contributed by atoms with van der Waals surface area (Å²) in [5, 5.41) is 2.79. The highest BCUT2D eigenvalue weighted by Gasteiger charge is 2.23. The van der Waals surface area contributed by atoms with Crippen LogP contribution in [0.2, 0.25) is 0 Å². The zero-order valence-electron chi connectivity index (χ0n) is 11.1. The van der Waals surface area contributed by atoms with Crippen molar-refractivity contribution in [3.63, 3.8) is 0 Å². The van der Waals surface area contributed by atoms with Gasteiger partial charge in [0.2, 0.25) is 0 Å². The van der Waals surface area contributed by atoms with Crippen molar-refractivity contribution in [2.24, 2.45) is 0 Å². The molecule has 2 nitrogen and oxygen atoms in total. The van der Waals surface area contributed by atoms with Crippen molar-refractivity contribution >= 4 is 0 Å². The van der Waals surface area contributed by atoms with E-state index in [1.165, 1.54) is 19.2 Å². The second kappa shape index (κ2) is 5.96. The van der Waals surface area contributed by atoms with Crippen LogP contribution < -0.4 is 10.1 Å². The Morgan fingerprint density at radius 2 is 1.80 bits per heavy atom. The molecule has 0 saturated carbocycles. The molecule has 0 aliphatic heterocycles. The maximum Gasteiger partial charge on any atom is 0.132 e.